The van der Waals surface area contributed by atoms with Crippen LogP contribution in [0, 0.1) is 0 Å². The van der Waals surface area contributed by atoms with Crippen LogP contribution in [0.4, 0.5) is 13.2 Å². The second-order valence-electron chi connectivity index (χ2n) is 7.00. The van der Waals surface area contributed by atoms with E-state index in [0.29, 0.717) is 26.9 Å². The Balaban J connectivity index is 1.94. The number of fused-ring (bicyclic) bond motifs is 1. The van der Waals surface area contributed by atoms with Gasteiger partial charge in [-0.05, 0) is 42.5 Å². The van der Waals surface area contributed by atoms with Gasteiger partial charge < -0.3 is 0 Å². The Morgan fingerprint density at radius 2 is 1.84 bits per heavy atom. The summed E-state index contributed by atoms with van der Waals surface area (Å²) >= 11 is 0. The molecule has 3 heterocycles. The lowest BCUT2D eigenvalue weighted by molar-refractivity contribution is -0.0436. The SMILES string of the molecule is CCS(=O)(=O)c1cc(C2CC2)cnc1-n1nc2ccc(S(=O)(=O)C(F)(F)F)cn2c1=O. The van der Waals surface area contributed by atoms with E-state index in [9.17, 15) is 34.8 Å². The maximum atomic E-state index is 12.8. The zero-order valence-electron chi connectivity index (χ0n) is 15.9. The number of hydrogen-bond donors (Lipinski definition) is 0. The minimum atomic E-state index is -5.69. The average molecular weight is 476 g/mol. The van der Waals surface area contributed by atoms with Gasteiger partial charge in [0.15, 0.2) is 21.3 Å². The molecule has 1 saturated carbocycles. The number of sulfone groups is 2. The summed E-state index contributed by atoms with van der Waals surface area (Å²) in [6.07, 6.45) is 3.70. The maximum Gasteiger partial charge on any atom is 0.501 e. The van der Waals surface area contributed by atoms with Crippen molar-refractivity contribution in [2.75, 3.05) is 5.75 Å². The largest absolute Gasteiger partial charge is 0.501 e. The van der Waals surface area contributed by atoms with Gasteiger partial charge in [0.05, 0.1) is 10.6 Å². The molecule has 1 fully saturated rings. The lowest BCUT2D eigenvalue weighted by Crippen LogP contribution is -2.25. The smallest absolute Gasteiger partial charge is 0.249 e. The molecule has 0 atom stereocenters. The first-order valence-electron chi connectivity index (χ1n) is 9.02. The average Bonchev–Trinajstić information content (AvgIpc) is 3.51. The maximum absolute atomic E-state index is 12.8. The summed E-state index contributed by atoms with van der Waals surface area (Å²) in [6.45, 7) is 1.42. The lowest BCUT2D eigenvalue weighted by Gasteiger charge is -2.09. The Bertz CT molecular complexity index is 1470. The van der Waals surface area contributed by atoms with E-state index in [1.165, 1.54) is 19.2 Å². The molecule has 1 aliphatic rings. The normalized spacial score (nSPS) is 15.5. The standard InChI is InChI=1S/C17H15F3N4O5S2/c1-2-30(26,27)13-7-11(10-3-4-10)8-21-15(13)24-16(25)23-9-12(5-6-14(23)22-24)31(28,29)17(18,19)20/h5-10H,2-4H2,1H3. The molecule has 0 spiro atoms. The Morgan fingerprint density at radius 3 is 2.42 bits per heavy atom. The molecule has 0 N–H and O–H groups in total. The topological polar surface area (TPSA) is 120 Å². The van der Waals surface area contributed by atoms with Crippen molar-refractivity contribution in [3.8, 4) is 5.82 Å². The van der Waals surface area contributed by atoms with Crippen LogP contribution in [0.5, 0.6) is 0 Å². The quantitative estimate of drug-likeness (QED) is 0.551. The van der Waals surface area contributed by atoms with Crippen molar-refractivity contribution in [2.24, 2.45) is 0 Å². The second kappa shape index (κ2) is 6.88. The van der Waals surface area contributed by atoms with E-state index < -0.39 is 35.8 Å². The monoisotopic (exact) mass is 476 g/mol. The third-order valence-electron chi connectivity index (χ3n) is 4.92. The first-order valence-corrected chi connectivity index (χ1v) is 12.2. The molecular weight excluding hydrogens is 461 g/mol. The number of nitrogens with zero attached hydrogens (tertiary/aromatic N) is 4. The number of rotatable bonds is 5. The van der Waals surface area contributed by atoms with Crippen molar-refractivity contribution < 1.29 is 30.0 Å². The molecule has 0 radical (unpaired) electrons. The number of hydrogen-bond acceptors (Lipinski definition) is 7. The van der Waals surface area contributed by atoms with Crippen molar-refractivity contribution in [2.45, 2.75) is 41.0 Å². The summed E-state index contributed by atoms with van der Waals surface area (Å²) in [5, 5.41) is 3.93. The van der Waals surface area contributed by atoms with Gasteiger partial charge in [-0.1, -0.05) is 6.92 Å². The number of halogens is 3. The predicted molar refractivity (Wildman–Crippen MR) is 102 cm³/mol. The highest BCUT2D eigenvalue weighted by Gasteiger charge is 2.47. The Morgan fingerprint density at radius 1 is 1.16 bits per heavy atom. The van der Waals surface area contributed by atoms with E-state index in [2.05, 4.69) is 10.1 Å². The molecule has 3 aromatic heterocycles. The molecule has 9 nitrogen and oxygen atoms in total. The van der Waals surface area contributed by atoms with Crippen LogP contribution in [-0.4, -0.2) is 47.3 Å². The number of alkyl halides is 3. The first-order chi connectivity index (χ1) is 14.4. The highest BCUT2D eigenvalue weighted by Crippen LogP contribution is 2.41. The Labute approximate surface area is 174 Å². The highest BCUT2D eigenvalue weighted by molar-refractivity contribution is 7.92. The van der Waals surface area contributed by atoms with Gasteiger partial charge in [0.1, 0.15) is 4.90 Å². The van der Waals surface area contributed by atoms with Gasteiger partial charge in [-0.15, -0.1) is 5.10 Å². The van der Waals surface area contributed by atoms with Crippen LogP contribution < -0.4 is 5.69 Å². The van der Waals surface area contributed by atoms with Crippen LogP contribution in [0.2, 0.25) is 0 Å². The summed E-state index contributed by atoms with van der Waals surface area (Å²) in [7, 11) is -9.52. The lowest BCUT2D eigenvalue weighted by atomic mass is 10.2. The summed E-state index contributed by atoms with van der Waals surface area (Å²) < 4.78 is 88.3. The van der Waals surface area contributed by atoms with Crippen molar-refractivity contribution in [1.82, 2.24) is 19.2 Å². The minimum absolute atomic E-state index is 0.181. The molecule has 0 amide bonds. The van der Waals surface area contributed by atoms with Gasteiger partial charge in [0.2, 0.25) is 0 Å². The van der Waals surface area contributed by atoms with Crippen LogP contribution in [0.25, 0.3) is 11.5 Å². The Hall–Kier alpha value is -2.74. The first kappa shape index (κ1) is 21.5. The fourth-order valence-corrected chi connectivity index (χ4v) is 4.82. The molecule has 1 aliphatic carbocycles. The Kier molecular flexibility index (Phi) is 4.77. The van der Waals surface area contributed by atoms with Gasteiger partial charge in [0.25, 0.3) is 9.84 Å². The van der Waals surface area contributed by atoms with Crippen molar-refractivity contribution >= 4 is 25.3 Å². The van der Waals surface area contributed by atoms with E-state index in [-0.39, 0.29) is 28.0 Å². The molecule has 3 aromatic rings. The molecule has 14 heteroatoms. The molecule has 0 bridgehead atoms. The molecule has 166 valence electrons. The van der Waals surface area contributed by atoms with Gasteiger partial charge in [-0.25, -0.2) is 31.0 Å². The fourth-order valence-electron chi connectivity index (χ4n) is 3.02. The third-order valence-corrected chi connectivity index (χ3v) is 8.13. The van der Waals surface area contributed by atoms with Gasteiger partial charge in [-0.2, -0.15) is 17.9 Å². The zero-order chi connectivity index (χ0) is 22.8. The molecule has 0 unspecified atom stereocenters. The summed E-state index contributed by atoms with van der Waals surface area (Å²) in [5.41, 5.74) is -6.10. The molecule has 0 aliphatic heterocycles. The van der Waals surface area contributed by atoms with Crippen LogP contribution in [0.1, 0.15) is 31.2 Å². The van der Waals surface area contributed by atoms with E-state index in [4.69, 9.17) is 0 Å². The van der Waals surface area contributed by atoms with Gasteiger partial charge in [0, 0.05) is 12.4 Å². The molecule has 31 heavy (non-hydrogen) atoms. The molecule has 4 rings (SSSR count). The molecule has 0 aromatic carbocycles. The van der Waals surface area contributed by atoms with E-state index in [1.54, 1.807) is 0 Å². The summed E-state index contributed by atoms with van der Waals surface area (Å²) in [6, 6.07) is 3.01. The van der Waals surface area contributed by atoms with Crippen LogP contribution >= 0.6 is 0 Å². The summed E-state index contributed by atoms with van der Waals surface area (Å²) in [4.78, 5) is 15.5. The molecule has 0 saturated heterocycles. The predicted octanol–water partition coefficient (Wildman–Crippen LogP) is 1.84. The van der Waals surface area contributed by atoms with Crippen molar-refractivity contribution in [1.29, 1.82) is 0 Å². The minimum Gasteiger partial charge on any atom is -0.249 e. The van der Waals surface area contributed by atoms with Crippen LogP contribution in [0.3, 0.4) is 0 Å². The van der Waals surface area contributed by atoms with E-state index in [0.717, 1.165) is 18.9 Å². The van der Waals surface area contributed by atoms with E-state index in [1.807, 2.05) is 0 Å². The summed E-state index contributed by atoms with van der Waals surface area (Å²) in [5.74, 6) is -0.397. The number of pyridine rings is 2. The van der Waals surface area contributed by atoms with Gasteiger partial charge >= 0.3 is 11.2 Å². The zero-order valence-corrected chi connectivity index (χ0v) is 17.5. The van der Waals surface area contributed by atoms with Crippen LogP contribution in [-0.2, 0) is 19.7 Å². The third kappa shape index (κ3) is 3.52. The highest BCUT2D eigenvalue weighted by atomic mass is 32.2. The fraction of sp³-hybridized carbons (Fsp3) is 0.353. The number of aromatic nitrogens is 4. The van der Waals surface area contributed by atoms with Crippen LogP contribution in [0.15, 0.2) is 45.2 Å². The van der Waals surface area contributed by atoms with Crippen molar-refractivity contribution in [3.63, 3.8) is 0 Å². The van der Waals surface area contributed by atoms with Gasteiger partial charge in [-0.3, -0.25) is 0 Å². The van der Waals surface area contributed by atoms with E-state index >= 15 is 0 Å². The van der Waals surface area contributed by atoms with Crippen molar-refractivity contribution in [3.05, 3.63) is 46.6 Å². The second-order valence-corrected chi connectivity index (χ2v) is 11.2. The molecular formula is C17H15F3N4O5S2.